The van der Waals surface area contributed by atoms with Crippen LogP contribution < -0.4 is 10.6 Å². The van der Waals surface area contributed by atoms with E-state index in [4.69, 9.17) is 0 Å². The van der Waals surface area contributed by atoms with Gasteiger partial charge in [0, 0.05) is 21.7 Å². The van der Waals surface area contributed by atoms with Gasteiger partial charge >= 0.3 is 0 Å². The van der Waals surface area contributed by atoms with Crippen LogP contribution in [0.1, 0.15) is 9.67 Å². The molecule has 6 heteroatoms. The number of anilines is 2. The third-order valence-electron chi connectivity index (χ3n) is 4.27. The topological polar surface area (TPSA) is 58.2 Å². The second-order valence-corrected chi connectivity index (χ2v) is 8.32. The first-order valence-electron chi connectivity index (χ1n) is 9.04. The lowest BCUT2D eigenvalue weighted by Crippen LogP contribution is -2.14. The molecule has 0 saturated carbocycles. The maximum absolute atomic E-state index is 12.4. The van der Waals surface area contributed by atoms with Crippen molar-refractivity contribution in [2.24, 2.45) is 0 Å². The van der Waals surface area contributed by atoms with Crippen LogP contribution in [0.25, 0.3) is 10.8 Å². The maximum atomic E-state index is 12.4. The predicted molar refractivity (Wildman–Crippen MR) is 122 cm³/mol. The van der Waals surface area contributed by atoms with E-state index in [9.17, 15) is 9.59 Å². The molecule has 3 aromatic carbocycles. The summed E-state index contributed by atoms with van der Waals surface area (Å²) in [5.41, 5.74) is 1.52. The van der Waals surface area contributed by atoms with E-state index in [-0.39, 0.29) is 17.6 Å². The molecule has 1 heterocycles. The third kappa shape index (κ3) is 4.85. The van der Waals surface area contributed by atoms with Crippen molar-refractivity contribution in [3.8, 4) is 0 Å². The van der Waals surface area contributed by atoms with Crippen LogP contribution in [0, 0.1) is 0 Å². The highest BCUT2D eigenvalue weighted by molar-refractivity contribution is 8.00. The third-order valence-corrected chi connectivity index (χ3v) is 6.13. The fourth-order valence-corrected chi connectivity index (χ4v) is 4.31. The first kappa shape index (κ1) is 19.2. The second-order valence-electron chi connectivity index (χ2n) is 6.32. The van der Waals surface area contributed by atoms with Crippen molar-refractivity contribution >= 4 is 57.1 Å². The largest absolute Gasteiger partial charge is 0.325 e. The number of benzene rings is 3. The molecule has 0 spiro atoms. The first-order chi connectivity index (χ1) is 14.2. The van der Waals surface area contributed by atoms with Gasteiger partial charge in [-0.2, -0.15) is 0 Å². The lowest BCUT2D eigenvalue weighted by molar-refractivity contribution is -0.113. The summed E-state index contributed by atoms with van der Waals surface area (Å²) < 4.78 is 0. The van der Waals surface area contributed by atoms with Gasteiger partial charge in [-0.3, -0.25) is 9.59 Å². The van der Waals surface area contributed by atoms with Crippen LogP contribution in [0.4, 0.5) is 11.4 Å². The van der Waals surface area contributed by atoms with E-state index in [1.54, 1.807) is 6.07 Å². The Bertz CT molecular complexity index is 1150. The molecule has 29 heavy (non-hydrogen) atoms. The molecule has 4 rings (SSSR count). The quantitative estimate of drug-likeness (QED) is 0.384. The molecule has 2 N–H and O–H groups in total. The van der Waals surface area contributed by atoms with Crippen LogP contribution >= 0.6 is 23.1 Å². The molecule has 1 aromatic heterocycles. The first-order valence-corrected chi connectivity index (χ1v) is 10.9. The zero-order chi connectivity index (χ0) is 20.1. The van der Waals surface area contributed by atoms with Gasteiger partial charge in [0.1, 0.15) is 0 Å². The molecule has 0 atom stereocenters. The molecule has 4 nitrogen and oxygen atoms in total. The number of hydrogen-bond donors (Lipinski definition) is 2. The molecule has 144 valence electrons. The number of amides is 2. The molecule has 2 amide bonds. The van der Waals surface area contributed by atoms with E-state index in [2.05, 4.69) is 10.6 Å². The Morgan fingerprint density at radius 2 is 1.69 bits per heavy atom. The smallest absolute Gasteiger partial charge is 0.265 e. The maximum Gasteiger partial charge on any atom is 0.265 e. The number of thiophene rings is 1. The summed E-state index contributed by atoms with van der Waals surface area (Å²) in [6.45, 7) is 0. The van der Waals surface area contributed by atoms with Crippen LogP contribution in [-0.2, 0) is 4.79 Å². The van der Waals surface area contributed by atoms with Crippen molar-refractivity contribution in [1.29, 1.82) is 0 Å². The van der Waals surface area contributed by atoms with Crippen molar-refractivity contribution in [3.05, 3.63) is 89.1 Å². The van der Waals surface area contributed by atoms with E-state index >= 15 is 0 Å². The minimum absolute atomic E-state index is 0.0700. The van der Waals surface area contributed by atoms with Gasteiger partial charge in [-0.05, 0) is 41.1 Å². The molecule has 0 aliphatic heterocycles. The fraction of sp³-hybridized carbons (Fsp3) is 0.0435. The van der Waals surface area contributed by atoms with Gasteiger partial charge in [0.2, 0.25) is 5.91 Å². The molecule has 0 unspecified atom stereocenters. The molecule has 0 fully saturated rings. The van der Waals surface area contributed by atoms with Crippen LogP contribution in [0.5, 0.6) is 0 Å². The Balaban J connectivity index is 1.37. The van der Waals surface area contributed by atoms with Crippen LogP contribution in [-0.4, -0.2) is 17.6 Å². The normalized spacial score (nSPS) is 10.6. The predicted octanol–water partition coefficient (Wildman–Crippen LogP) is 5.88. The fourth-order valence-electron chi connectivity index (χ4n) is 2.93. The second kappa shape index (κ2) is 8.94. The average molecular weight is 419 g/mol. The van der Waals surface area contributed by atoms with Gasteiger partial charge < -0.3 is 10.6 Å². The SMILES string of the molecule is O=C(CSc1cccc(NC(=O)c2cccs2)c1)Nc1cccc2ccccc12. The molecular weight excluding hydrogens is 400 g/mol. The Labute approximate surface area is 177 Å². The summed E-state index contributed by atoms with van der Waals surface area (Å²) in [6, 6.07) is 25.0. The van der Waals surface area contributed by atoms with Crippen LogP contribution in [0.3, 0.4) is 0 Å². The molecule has 0 aliphatic carbocycles. The zero-order valence-corrected chi connectivity index (χ0v) is 17.1. The minimum atomic E-state index is -0.129. The van der Waals surface area contributed by atoms with Crippen molar-refractivity contribution in [1.82, 2.24) is 0 Å². The molecule has 0 bridgehead atoms. The standard InChI is InChI=1S/C23H18N2O2S2/c26-22(25-20-11-3-7-16-6-1-2-10-19(16)20)15-29-18-9-4-8-17(14-18)24-23(27)21-12-5-13-28-21/h1-14H,15H2,(H,24,27)(H,25,26). The lowest BCUT2D eigenvalue weighted by atomic mass is 10.1. The van der Waals surface area contributed by atoms with Gasteiger partial charge in [0.25, 0.3) is 5.91 Å². The monoisotopic (exact) mass is 418 g/mol. The van der Waals surface area contributed by atoms with Crippen LogP contribution in [0.2, 0.25) is 0 Å². The van der Waals surface area contributed by atoms with E-state index in [1.165, 1.54) is 23.1 Å². The molecular formula is C23H18N2O2S2. The summed E-state index contributed by atoms with van der Waals surface area (Å²) in [4.78, 5) is 26.2. The summed E-state index contributed by atoms with van der Waals surface area (Å²) >= 11 is 2.83. The number of nitrogens with one attached hydrogen (secondary N) is 2. The Hall–Kier alpha value is -3.09. The minimum Gasteiger partial charge on any atom is -0.325 e. The molecule has 0 radical (unpaired) electrons. The van der Waals surface area contributed by atoms with Crippen LogP contribution in [0.15, 0.2) is 89.1 Å². The van der Waals surface area contributed by atoms with Gasteiger partial charge in [0.15, 0.2) is 0 Å². The summed E-state index contributed by atoms with van der Waals surface area (Å²) in [7, 11) is 0. The van der Waals surface area contributed by atoms with Gasteiger partial charge in [0.05, 0.1) is 10.6 Å². The number of carbonyl (C=O) groups is 2. The van der Waals surface area contributed by atoms with Gasteiger partial charge in [-0.25, -0.2) is 0 Å². The molecule has 4 aromatic rings. The Morgan fingerprint density at radius 1 is 0.862 bits per heavy atom. The summed E-state index contributed by atoms with van der Waals surface area (Å²) in [5, 5.41) is 9.86. The van der Waals surface area contributed by atoms with Crippen molar-refractivity contribution in [2.45, 2.75) is 4.90 Å². The Kier molecular flexibility index (Phi) is 5.93. The van der Waals surface area contributed by atoms with Gasteiger partial charge in [-0.15, -0.1) is 23.1 Å². The highest BCUT2D eigenvalue weighted by atomic mass is 32.2. The van der Waals surface area contributed by atoms with Crippen molar-refractivity contribution in [2.75, 3.05) is 16.4 Å². The van der Waals surface area contributed by atoms with Gasteiger partial charge in [-0.1, -0.05) is 48.5 Å². The van der Waals surface area contributed by atoms with E-state index in [0.717, 1.165) is 21.4 Å². The zero-order valence-electron chi connectivity index (χ0n) is 15.4. The number of fused-ring (bicyclic) bond motifs is 1. The molecule has 0 saturated heterocycles. The molecule has 0 aliphatic rings. The lowest BCUT2D eigenvalue weighted by Gasteiger charge is -2.09. The highest BCUT2D eigenvalue weighted by Gasteiger charge is 2.09. The van der Waals surface area contributed by atoms with E-state index in [0.29, 0.717) is 10.6 Å². The average Bonchev–Trinajstić information content (AvgIpc) is 3.28. The van der Waals surface area contributed by atoms with Crippen molar-refractivity contribution in [3.63, 3.8) is 0 Å². The van der Waals surface area contributed by atoms with E-state index < -0.39 is 0 Å². The highest BCUT2D eigenvalue weighted by Crippen LogP contribution is 2.25. The number of carbonyl (C=O) groups excluding carboxylic acids is 2. The van der Waals surface area contributed by atoms with E-state index in [1.807, 2.05) is 78.2 Å². The van der Waals surface area contributed by atoms with Crippen molar-refractivity contribution < 1.29 is 9.59 Å². The number of thioether (sulfide) groups is 1. The number of rotatable bonds is 6. The Morgan fingerprint density at radius 3 is 2.55 bits per heavy atom. The number of hydrogen-bond acceptors (Lipinski definition) is 4. The summed E-state index contributed by atoms with van der Waals surface area (Å²) in [5.74, 6) is 0.0844. The summed E-state index contributed by atoms with van der Waals surface area (Å²) in [6.07, 6.45) is 0.